The molecule has 8 heteroatoms. The van der Waals surface area contributed by atoms with Gasteiger partial charge in [0.25, 0.3) is 0 Å². The van der Waals surface area contributed by atoms with Gasteiger partial charge in [-0.2, -0.15) is 5.10 Å². The zero-order valence-electron chi connectivity index (χ0n) is 16.4. The lowest BCUT2D eigenvalue weighted by molar-refractivity contribution is -0.115. The molecule has 3 aromatic rings. The molecule has 0 radical (unpaired) electrons. The van der Waals surface area contributed by atoms with Gasteiger partial charge in [0.1, 0.15) is 22.0 Å². The largest absolute Gasteiger partial charge is 0.310 e. The standard InChI is InChI=1S/C20H25N5OS2/c1-4-12(2)25-16(9-10-23-25)24-18(26)13(3)27-19-17-14-7-5-6-8-15(14)28-20(17)22-11-21-19/h9-13H,4-8H2,1-3H3,(H,24,26)/t12-,13-/m0/s1. The van der Waals surface area contributed by atoms with E-state index in [1.165, 1.54) is 35.0 Å². The molecular formula is C20H25N5OS2. The summed E-state index contributed by atoms with van der Waals surface area (Å²) in [6.07, 6.45) is 8.99. The second-order valence-electron chi connectivity index (χ2n) is 7.24. The van der Waals surface area contributed by atoms with Crippen LogP contribution in [0.15, 0.2) is 23.6 Å². The van der Waals surface area contributed by atoms with Gasteiger partial charge in [-0.25, -0.2) is 14.6 Å². The number of hydrogen-bond donors (Lipinski definition) is 1. The molecule has 0 fully saturated rings. The number of nitrogens with one attached hydrogen (secondary N) is 1. The van der Waals surface area contributed by atoms with E-state index in [-0.39, 0.29) is 17.2 Å². The maximum atomic E-state index is 12.8. The number of nitrogens with zero attached hydrogens (tertiary/aromatic N) is 4. The average molecular weight is 416 g/mol. The Hall–Kier alpha value is -1.93. The van der Waals surface area contributed by atoms with E-state index >= 15 is 0 Å². The van der Waals surface area contributed by atoms with E-state index in [9.17, 15) is 4.79 Å². The van der Waals surface area contributed by atoms with Gasteiger partial charge in [0, 0.05) is 16.3 Å². The van der Waals surface area contributed by atoms with E-state index in [4.69, 9.17) is 0 Å². The summed E-state index contributed by atoms with van der Waals surface area (Å²) in [7, 11) is 0. The number of hydrogen-bond acceptors (Lipinski definition) is 6. The molecule has 1 N–H and O–H groups in total. The number of thiophene rings is 1. The second-order valence-corrected chi connectivity index (χ2v) is 9.65. The first-order chi connectivity index (χ1) is 13.6. The van der Waals surface area contributed by atoms with Crippen molar-refractivity contribution in [2.45, 2.75) is 69.2 Å². The van der Waals surface area contributed by atoms with Crippen molar-refractivity contribution < 1.29 is 4.79 Å². The van der Waals surface area contributed by atoms with Crippen LogP contribution in [-0.2, 0) is 17.6 Å². The zero-order chi connectivity index (χ0) is 19.7. The highest BCUT2D eigenvalue weighted by atomic mass is 32.2. The van der Waals surface area contributed by atoms with Gasteiger partial charge in [0.15, 0.2) is 0 Å². The number of amides is 1. The molecule has 2 atom stereocenters. The molecule has 0 aromatic carbocycles. The van der Waals surface area contributed by atoms with Gasteiger partial charge in [-0.1, -0.05) is 18.7 Å². The molecule has 0 saturated carbocycles. The van der Waals surface area contributed by atoms with Crippen LogP contribution in [0.2, 0.25) is 0 Å². The van der Waals surface area contributed by atoms with Crippen LogP contribution in [0.3, 0.4) is 0 Å². The van der Waals surface area contributed by atoms with Crippen molar-refractivity contribution in [1.29, 1.82) is 0 Å². The maximum Gasteiger partial charge on any atom is 0.238 e. The first-order valence-electron chi connectivity index (χ1n) is 9.84. The molecule has 0 bridgehead atoms. The predicted molar refractivity (Wildman–Crippen MR) is 115 cm³/mol. The number of aryl methyl sites for hydroxylation is 2. The molecule has 3 aromatic heterocycles. The number of rotatable bonds is 6. The normalized spacial score (nSPS) is 16.0. The molecule has 148 valence electrons. The minimum atomic E-state index is -0.266. The number of carbonyl (C=O) groups is 1. The number of aromatic nitrogens is 4. The van der Waals surface area contributed by atoms with Crippen molar-refractivity contribution in [2.75, 3.05) is 5.32 Å². The van der Waals surface area contributed by atoms with Crippen LogP contribution < -0.4 is 5.32 Å². The van der Waals surface area contributed by atoms with E-state index in [0.29, 0.717) is 0 Å². The van der Waals surface area contributed by atoms with Crippen LogP contribution in [0.4, 0.5) is 5.82 Å². The van der Waals surface area contributed by atoms with Gasteiger partial charge < -0.3 is 5.32 Å². The summed E-state index contributed by atoms with van der Waals surface area (Å²) in [4.78, 5) is 24.3. The van der Waals surface area contributed by atoms with E-state index in [2.05, 4.69) is 34.2 Å². The van der Waals surface area contributed by atoms with Gasteiger partial charge in [0.05, 0.1) is 17.5 Å². The summed E-state index contributed by atoms with van der Waals surface area (Å²) in [6, 6.07) is 2.09. The molecule has 1 aliphatic carbocycles. The number of anilines is 1. The van der Waals surface area contributed by atoms with Crippen molar-refractivity contribution in [3.8, 4) is 0 Å². The Kier molecular flexibility index (Phi) is 5.68. The number of carbonyl (C=O) groups excluding carboxylic acids is 1. The van der Waals surface area contributed by atoms with E-state index in [0.717, 1.165) is 40.3 Å². The third-order valence-corrected chi connectivity index (χ3v) is 7.60. The minimum Gasteiger partial charge on any atom is -0.310 e. The quantitative estimate of drug-likeness (QED) is 0.460. The monoisotopic (exact) mass is 415 g/mol. The summed E-state index contributed by atoms with van der Waals surface area (Å²) in [5.41, 5.74) is 1.40. The molecule has 4 rings (SSSR count). The lowest BCUT2D eigenvalue weighted by atomic mass is 9.97. The van der Waals surface area contributed by atoms with Gasteiger partial charge >= 0.3 is 0 Å². The third-order valence-electron chi connectivity index (χ3n) is 5.30. The smallest absolute Gasteiger partial charge is 0.238 e. The van der Waals surface area contributed by atoms with Crippen molar-refractivity contribution in [3.63, 3.8) is 0 Å². The van der Waals surface area contributed by atoms with Crippen LogP contribution in [0.5, 0.6) is 0 Å². The van der Waals surface area contributed by atoms with E-state index < -0.39 is 0 Å². The van der Waals surface area contributed by atoms with Gasteiger partial charge in [-0.05, 0) is 51.5 Å². The molecule has 0 spiro atoms. The number of thioether (sulfide) groups is 1. The fourth-order valence-electron chi connectivity index (χ4n) is 3.54. The fraction of sp³-hybridized carbons (Fsp3) is 0.500. The number of fused-ring (bicyclic) bond motifs is 3. The summed E-state index contributed by atoms with van der Waals surface area (Å²) >= 11 is 3.30. The molecule has 0 aliphatic heterocycles. The molecule has 1 aliphatic rings. The first-order valence-corrected chi connectivity index (χ1v) is 11.5. The molecule has 0 unspecified atom stereocenters. The Bertz CT molecular complexity index is 996. The molecule has 28 heavy (non-hydrogen) atoms. The second kappa shape index (κ2) is 8.21. The third kappa shape index (κ3) is 3.67. The van der Waals surface area contributed by atoms with Crippen molar-refractivity contribution in [1.82, 2.24) is 19.7 Å². The van der Waals surface area contributed by atoms with E-state index in [1.807, 2.05) is 17.7 Å². The Morgan fingerprint density at radius 1 is 1.32 bits per heavy atom. The predicted octanol–water partition coefficient (Wildman–Crippen LogP) is 4.86. The summed E-state index contributed by atoms with van der Waals surface area (Å²) in [6.45, 7) is 6.13. The van der Waals surface area contributed by atoms with Crippen LogP contribution in [0.1, 0.15) is 56.5 Å². The molecule has 3 heterocycles. The summed E-state index contributed by atoms with van der Waals surface area (Å²) in [5.74, 6) is 0.707. The Balaban J connectivity index is 1.54. The van der Waals surface area contributed by atoms with Gasteiger partial charge in [-0.15, -0.1) is 11.3 Å². The molecule has 6 nitrogen and oxygen atoms in total. The zero-order valence-corrected chi connectivity index (χ0v) is 18.1. The van der Waals surface area contributed by atoms with Crippen LogP contribution in [-0.4, -0.2) is 30.9 Å². The average Bonchev–Trinajstić information content (AvgIpc) is 3.31. The van der Waals surface area contributed by atoms with Crippen LogP contribution >= 0.6 is 23.1 Å². The van der Waals surface area contributed by atoms with Crippen molar-refractivity contribution >= 4 is 45.0 Å². The van der Waals surface area contributed by atoms with Gasteiger partial charge in [0.2, 0.25) is 5.91 Å². The topological polar surface area (TPSA) is 72.7 Å². The lowest BCUT2D eigenvalue weighted by Crippen LogP contribution is -2.25. The van der Waals surface area contributed by atoms with Gasteiger partial charge in [-0.3, -0.25) is 4.79 Å². The Labute approximate surface area is 173 Å². The van der Waals surface area contributed by atoms with E-state index in [1.54, 1.807) is 23.9 Å². The summed E-state index contributed by atoms with van der Waals surface area (Å²) in [5, 5.41) is 9.19. The van der Waals surface area contributed by atoms with Crippen LogP contribution in [0.25, 0.3) is 10.2 Å². The lowest BCUT2D eigenvalue weighted by Gasteiger charge is -2.16. The molecule has 0 saturated heterocycles. The fourth-order valence-corrected chi connectivity index (χ4v) is 5.78. The maximum absolute atomic E-state index is 12.8. The SMILES string of the molecule is CC[C@H](C)n1nccc1NC(=O)[C@H](C)Sc1ncnc2sc3c(c12)CCCC3. The van der Waals surface area contributed by atoms with Crippen molar-refractivity contribution in [3.05, 3.63) is 29.0 Å². The molecule has 1 amide bonds. The minimum absolute atomic E-state index is 0.0362. The highest BCUT2D eigenvalue weighted by Gasteiger charge is 2.23. The summed E-state index contributed by atoms with van der Waals surface area (Å²) < 4.78 is 1.87. The van der Waals surface area contributed by atoms with Crippen LogP contribution in [0, 0.1) is 0 Å². The highest BCUT2D eigenvalue weighted by molar-refractivity contribution is 8.00. The van der Waals surface area contributed by atoms with Crippen molar-refractivity contribution in [2.24, 2.45) is 0 Å². The Morgan fingerprint density at radius 2 is 2.14 bits per heavy atom. The first kappa shape index (κ1) is 19.4. The highest BCUT2D eigenvalue weighted by Crippen LogP contribution is 2.40. The molecular weight excluding hydrogens is 390 g/mol. The Morgan fingerprint density at radius 3 is 2.96 bits per heavy atom.